The van der Waals surface area contributed by atoms with Gasteiger partial charge in [-0.05, 0) is 19.1 Å². The zero-order valence-electron chi connectivity index (χ0n) is 11.2. The van der Waals surface area contributed by atoms with Crippen LogP contribution in [0.15, 0.2) is 33.7 Å². The monoisotopic (exact) mass is 276 g/mol. The van der Waals surface area contributed by atoms with Gasteiger partial charge in [0.25, 0.3) is 0 Å². The average Bonchev–Trinajstić information content (AvgIpc) is 2.85. The minimum absolute atomic E-state index is 0.0732. The van der Waals surface area contributed by atoms with Crippen LogP contribution in [0.1, 0.15) is 48.8 Å². The fourth-order valence-electron chi connectivity index (χ4n) is 1.51. The number of nitrogens with zero attached hydrogens (tertiary/aromatic N) is 2. The first-order valence-electron chi connectivity index (χ1n) is 6.12. The lowest BCUT2D eigenvalue weighted by atomic mass is 10.2. The van der Waals surface area contributed by atoms with E-state index in [4.69, 9.17) is 4.52 Å². The van der Waals surface area contributed by atoms with Gasteiger partial charge in [0.15, 0.2) is 11.6 Å². The van der Waals surface area contributed by atoms with Crippen molar-refractivity contribution >= 4 is 17.5 Å². The van der Waals surface area contributed by atoms with E-state index in [9.17, 15) is 4.79 Å². The van der Waals surface area contributed by atoms with Gasteiger partial charge in [-0.3, -0.25) is 4.79 Å². The molecule has 5 heteroatoms. The van der Waals surface area contributed by atoms with Crippen molar-refractivity contribution in [3.63, 3.8) is 0 Å². The number of Topliss-reactive ketones (excluding diaryl/α,β-unsaturated/α-hetero) is 1. The maximum absolute atomic E-state index is 11.3. The summed E-state index contributed by atoms with van der Waals surface area (Å²) in [4.78, 5) is 16.6. The van der Waals surface area contributed by atoms with Crippen LogP contribution in [0.2, 0.25) is 0 Å². The first kappa shape index (κ1) is 13.8. The molecule has 0 spiro atoms. The van der Waals surface area contributed by atoms with Crippen molar-refractivity contribution in [2.45, 2.75) is 37.3 Å². The van der Waals surface area contributed by atoms with Crippen LogP contribution in [0.3, 0.4) is 0 Å². The summed E-state index contributed by atoms with van der Waals surface area (Å²) >= 11 is 1.59. The van der Waals surface area contributed by atoms with E-state index in [1.807, 2.05) is 38.1 Å². The topological polar surface area (TPSA) is 56.0 Å². The number of aromatic nitrogens is 2. The van der Waals surface area contributed by atoms with Crippen molar-refractivity contribution in [1.82, 2.24) is 10.1 Å². The normalized spacial score (nSPS) is 10.9. The summed E-state index contributed by atoms with van der Waals surface area (Å²) in [6.07, 6.45) is 0. The second-order valence-electron chi connectivity index (χ2n) is 4.58. The van der Waals surface area contributed by atoms with E-state index in [0.717, 1.165) is 10.5 Å². The summed E-state index contributed by atoms with van der Waals surface area (Å²) in [6.45, 7) is 5.60. The Labute approximate surface area is 116 Å². The largest absolute Gasteiger partial charge is 0.339 e. The predicted octanol–water partition coefficient (Wildman–Crippen LogP) is 3.69. The van der Waals surface area contributed by atoms with E-state index in [-0.39, 0.29) is 11.7 Å². The third-order valence-corrected chi connectivity index (χ3v) is 3.58. The van der Waals surface area contributed by atoms with Crippen molar-refractivity contribution < 1.29 is 9.32 Å². The van der Waals surface area contributed by atoms with Crippen LogP contribution in [0.4, 0.5) is 0 Å². The van der Waals surface area contributed by atoms with E-state index in [0.29, 0.717) is 17.5 Å². The Balaban J connectivity index is 2.01. The molecule has 0 fully saturated rings. The first-order valence-corrected chi connectivity index (χ1v) is 7.11. The minimum Gasteiger partial charge on any atom is -0.339 e. The molecular formula is C14H16N2O2S. The fraction of sp³-hybridized carbons (Fsp3) is 0.357. The second-order valence-corrected chi connectivity index (χ2v) is 5.62. The van der Waals surface area contributed by atoms with Gasteiger partial charge in [0, 0.05) is 16.4 Å². The van der Waals surface area contributed by atoms with Gasteiger partial charge in [-0.1, -0.05) is 31.1 Å². The lowest BCUT2D eigenvalue weighted by Crippen LogP contribution is -1.92. The number of thioether (sulfide) groups is 1. The Bertz CT molecular complexity index is 578. The smallest absolute Gasteiger partial charge is 0.229 e. The third-order valence-electron chi connectivity index (χ3n) is 2.59. The number of hydrogen-bond acceptors (Lipinski definition) is 5. The summed E-state index contributed by atoms with van der Waals surface area (Å²) in [5.41, 5.74) is 0.723. The van der Waals surface area contributed by atoms with Gasteiger partial charge in [-0.25, -0.2) is 0 Å². The Kier molecular flexibility index (Phi) is 4.37. The zero-order chi connectivity index (χ0) is 13.8. The van der Waals surface area contributed by atoms with E-state index >= 15 is 0 Å². The van der Waals surface area contributed by atoms with Gasteiger partial charge < -0.3 is 4.52 Å². The molecule has 1 aromatic carbocycles. The fourth-order valence-corrected chi connectivity index (χ4v) is 2.31. The third kappa shape index (κ3) is 3.67. The summed E-state index contributed by atoms with van der Waals surface area (Å²) in [7, 11) is 0. The van der Waals surface area contributed by atoms with Crippen LogP contribution < -0.4 is 0 Å². The zero-order valence-corrected chi connectivity index (χ0v) is 12.0. The van der Waals surface area contributed by atoms with Crippen LogP contribution in [0.5, 0.6) is 0 Å². The molecule has 0 bridgehead atoms. The molecule has 0 radical (unpaired) electrons. The number of hydrogen-bond donors (Lipinski definition) is 0. The Morgan fingerprint density at radius 3 is 2.84 bits per heavy atom. The van der Waals surface area contributed by atoms with Gasteiger partial charge in [0.05, 0.1) is 5.75 Å². The SMILES string of the molecule is CC(=O)c1cccc(SCc2noc(C(C)C)n2)c1. The Morgan fingerprint density at radius 1 is 1.42 bits per heavy atom. The second kappa shape index (κ2) is 6.02. The molecular weight excluding hydrogens is 260 g/mol. The summed E-state index contributed by atoms with van der Waals surface area (Å²) in [5.74, 6) is 2.30. The van der Waals surface area contributed by atoms with Crippen molar-refractivity contribution in [2.24, 2.45) is 0 Å². The van der Waals surface area contributed by atoms with Crippen LogP contribution >= 0.6 is 11.8 Å². The average molecular weight is 276 g/mol. The van der Waals surface area contributed by atoms with Crippen LogP contribution in [-0.4, -0.2) is 15.9 Å². The summed E-state index contributed by atoms with van der Waals surface area (Å²) < 4.78 is 5.15. The van der Waals surface area contributed by atoms with Crippen molar-refractivity contribution in [3.05, 3.63) is 41.5 Å². The molecule has 1 aromatic heterocycles. The molecule has 0 aliphatic carbocycles. The molecule has 0 saturated carbocycles. The highest BCUT2D eigenvalue weighted by molar-refractivity contribution is 7.98. The molecule has 0 saturated heterocycles. The van der Waals surface area contributed by atoms with Crippen LogP contribution in [-0.2, 0) is 5.75 Å². The molecule has 0 aliphatic rings. The first-order chi connectivity index (χ1) is 9.06. The number of carbonyl (C=O) groups excluding carboxylic acids is 1. The molecule has 2 aromatic rings. The molecule has 2 rings (SSSR count). The molecule has 0 N–H and O–H groups in total. The molecule has 0 aliphatic heterocycles. The lowest BCUT2D eigenvalue weighted by Gasteiger charge is -2.00. The highest BCUT2D eigenvalue weighted by atomic mass is 32.2. The van der Waals surface area contributed by atoms with Crippen molar-refractivity contribution in [2.75, 3.05) is 0 Å². The summed E-state index contributed by atoms with van der Waals surface area (Å²) in [5, 5.41) is 3.94. The van der Waals surface area contributed by atoms with Crippen LogP contribution in [0.25, 0.3) is 0 Å². The van der Waals surface area contributed by atoms with Gasteiger partial charge in [-0.2, -0.15) is 4.98 Å². The number of ketones is 1. The van der Waals surface area contributed by atoms with E-state index in [2.05, 4.69) is 10.1 Å². The molecule has 1 heterocycles. The van der Waals surface area contributed by atoms with E-state index < -0.39 is 0 Å². The number of rotatable bonds is 5. The highest BCUT2D eigenvalue weighted by Crippen LogP contribution is 2.23. The number of benzene rings is 1. The van der Waals surface area contributed by atoms with E-state index in [1.54, 1.807) is 18.7 Å². The molecule has 0 unspecified atom stereocenters. The maximum atomic E-state index is 11.3. The van der Waals surface area contributed by atoms with Gasteiger partial charge in [0.1, 0.15) is 0 Å². The Morgan fingerprint density at radius 2 is 2.21 bits per heavy atom. The molecule has 4 nitrogen and oxygen atoms in total. The number of carbonyl (C=O) groups is 1. The van der Waals surface area contributed by atoms with Gasteiger partial charge in [-0.15, -0.1) is 11.8 Å². The predicted molar refractivity (Wildman–Crippen MR) is 74.4 cm³/mol. The molecule has 0 atom stereocenters. The summed E-state index contributed by atoms with van der Waals surface area (Å²) in [6, 6.07) is 7.56. The van der Waals surface area contributed by atoms with Crippen LogP contribution in [0, 0.1) is 0 Å². The van der Waals surface area contributed by atoms with Gasteiger partial charge in [0.2, 0.25) is 5.89 Å². The minimum atomic E-state index is 0.0732. The maximum Gasteiger partial charge on any atom is 0.229 e. The molecule has 100 valence electrons. The molecule has 19 heavy (non-hydrogen) atoms. The lowest BCUT2D eigenvalue weighted by molar-refractivity contribution is 0.101. The van der Waals surface area contributed by atoms with Gasteiger partial charge >= 0.3 is 0 Å². The van der Waals surface area contributed by atoms with Crippen molar-refractivity contribution in [3.8, 4) is 0 Å². The Hall–Kier alpha value is -1.62. The van der Waals surface area contributed by atoms with E-state index in [1.165, 1.54) is 0 Å². The molecule has 0 amide bonds. The standard InChI is InChI=1S/C14H16N2O2S/c1-9(2)14-15-13(16-18-14)8-19-12-6-4-5-11(7-12)10(3)17/h4-7,9H,8H2,1-3H3. The van der Waals surface area contributed by atoms with Crippen molar-refractivity contribution in [1.29, 1.82) is 0 Å². The quantitative estimate of drug-likeness (QED) is 0.616. The highest BCUT2D eigenvalue weighted by Gasteiger charge is 2.10.